The van der Waals surface area contributed by atoms with Crippen molar-refractivity contribution in [3.05, 3.63) is 64.4 Å². The van der Waals surface area contributed by atoms with Crippen molar-refractivity contribution >= 4 is 15.9 Å². The van der Waals surface area contributed by atoms with Crippen molar-refractivity contribution in [3.8, 4) is 5.75 Å². The Kier molecular flexibility index (Phi) is 5.73. The van der Waals surface area contributed by atoms with Crippen LogP contribution >= 0.6 is 15.9 Å². The maximum absolute atomic E-state index is 13.1. The van der Waals surface area contributed by atoms with Crippen LogP contribution in [0.25, 0.3) is 0 Å². The molecule has 3 N–H and O–H groups in total. The van der Waals surface area contributed by atoms with Crippen LogP contribution in [0.3, 0.4) is 0 Å². The zero-order chi connectivity index (χ0) is 15.2. The molecule has 2 unspecified atom stereocenters. The van der Waals surface area contributed by atoms with Gasteiger partial charge in [0.05, 0.1) is 4.47 Å². The minimum Gasteiger partial charge on any atom is -0.490 e. The monoisotopic (exact) mass is 353 g/mol. The number of benzene rings is 2. The standard InChI is InChI=1S/C16H17BrFNO2/c17-13-7-6-12(18)9-16(13)21-10-15(20)14(19)8-11-4-2-1-3-5-11/h1-7,9,14-15,20H,8,10,19H2. The van der Waals surface area contributed by atoms with Gasteiger partial charge in [-0.25, -0.2) is 4.39 Å². The van der Waals surface area contributed by atoms with Crippen molar-refractivity contribution in [3.63, 3.8) is 0 Å². The molecular weight excluding hydrogens is 337 g/mol. The van der Waals surface area contributed by atoms with Crippen LogP contribution < -0.4 is 10.5 Å². The third-order valence-electron chi connectivity index (χ3n) is 3.11. The highest BCUT2D eigenvalue weighted by Crippen LogP contribution is 2.25. The molecule has 0 aliphatic rings. The average molecular weight is 354 g/mol. The Balaban J connectivity index is 1.89. The van der Waals surface area contributed by atoms with E-state index in [4.69, 9.17) is 10.5 Å². The molecule has 0 aliphatic heterocycles. The number of ether oxygens (including phenoxy) is 1. The van der Waals surface area contributed by atoms with E-state index in [0.29, 0.717) is 16.6 Å². The summed E-state index contributed by atoms with van der Waals surface area (Å²) in [6, 6.07) is 13.4. The van der Waals surface area contributed by atoms with Gasteiger partial charge in [-0.3, -0.25) is 0 Å². The number of rotatable bonds is 6. The second-order valence-electron chi connectivity index (χ2n) is 4.81. The topological polar surface area (TPSA) is 55.5 Å². The molecule has 0 saturated heterocycles. The fraction of sp³-hybridized carbons (Fsp3) is 0.250. The molecule has 0 aromatic heterocycles. The van der Waals surface area contributed by atoms with E-state index in [1.807, 2.05) is 30.3 Å². The normalized spacial score (nSPS) is 13.7. The van der Waals surface area contributed by atoms with Crippen molar-refractivity contribution in [1.29, 1.82) is 0 Å². The van der Waals surface area contributed by atoms with E-state index >= 15 is 0 Å². The van der Waals surface area contributed by atoms with Gasteiger partial charge in [0.25, 0.3) is 0 Å². The van der Waals surface area contributed by atoms with Crippen molar-refractivity contribution in [1.82, 2.24) is 0 Å². The van der Waals surface area contributed by atoms with Gasteiger partial charge in [-0.15, -0.1) is 0 Å². The number of hydrogen-bond donors (Lipinski definition) is 2. The zero-order valence-corrected chi connectivity index (χ0v) is 13.0. The summed E-state index contributed by atoms with van der Waals surface area (Å²) < 4.78 is 19.2. The number of nitrogens with two attached hydrogens (primary N) is 1. The Morgan fingerprint density at radius 1 is 1.19 bits per heavy atom. The molecule has 0 saturated carbocycles. The summed E-state index contributed by atoms with van der Waals surface area (Å²) in [5, 5.41) is 10.0. The predicted molar refractivity (Wildman–Crippen MR) is 83.7 cm³/mol. The van der Waals surface area contributed by atoms with Gasteiger partial charge in [0.15, 0.2) is 0 Å². The van der Waals surface area contributed by atoms with Crippen molar-refractivity contribution in [2.75, 3.05) is 6.61 Å². The molecule has 2 aromatic carbocycles. The molecule has 112 valence electrons. The highest BCUT2D eigenvalue weighted by Gasteiger charge is 2.16. The molecule has 2 rings (SSSR count). The Morgan fingerprint density at radius 2 is 1.90 bits per heavy atom. The summed E-state index contributed by atoms with van der Waals surface area (Å²) in [4.78, 5) is 0. The first kappa shape index (κ1) is 15.9. The van der Waals surface area contributed by atoms with Gasteiger partial charge < -0.3 is 15.6 Å². The third kappa shape index (κ3) is 4.81. The molecular formula is C16H17BrFNO2. The van der Waals surface area contributed by atoms with Crippen LogP contribution in [-0.4, -0.2) is 23.9 Å². The maximum Gasteiger partial charge on any atom is 0.136 e. The molecule has 5 heteroatoms. The highest BCUT2D eigenvalue weighted by atomic mass is 79.9. The molecule has 0 amide bonds. The molecule has 0 spiro atoms. The van der Waals surface area contributed by atoms with Gasteiger partial charge in [-0.1, -0.05) is 30.3 Å². The molecule has 0 radical (unpaired) electrons. The lowest BCUT2D eigenvalue weighted by Gasteiger charge is -2.19. The summed E-state index contributed by atoms with van der Waals surface area (Å²) >= 11 is 3.27. The van der Waals surface area contributed by atoms with Crippen LogP contribution in [0.2, 0.25) is 0 Å². The Hall–Kier alpha value is -1.43. The number of aliphatic hydroxyl groups is 1. The van der Waals surface area contributed by atoms with E-state index in [2.05, 4.69) is 15.9 Å². The lowest BCUT2D eigenvalue weighted by atomic mass is 10.0. The van der Waals surface area contributed by atoms with Gasteiger partial charge >= 0.3 is 0 Å². The van der Waals surface area contributed by atoms with E-state index < -0.39 is 18.0 Å². The molecule has 0 fully saturated rings. The lowest BCUT2D eigenvalue weighted by Crippen LogP contribution is -2.40. The SMILES string of the molecule is NC(Cc1ccccc1)C(O)COc1cc(F)ccc1Br. The van der Waals surface area contributed by atoms with Crippen molar-refractivity contribution in [2.24, 2.45) is 5.73 Å². The van der Waals surface area contributed by atoms with Crippen LogP contribution in [-0.2, 0) is 6.42 Å². The van der Waals surface area contributed by atoms with Gasteiger partial charge in [-0.2, -0.15) is 0 Å². The van der Waals surface area contributed by atoms with E-state index in [9.17, 15) is 9.50 Å². The minimum atomic E-state index is -0.833. The summed E-state index contributed by atoms with van der Waals surface area (Å²) in [7, 11) is 0. The number of halogens is 2. The first-order chi connectivity index (χ1) is 10.1. The third-order valence-corrected chi connectivity index (χ3v) is 3.77. The Bertz CT molecular complexity index is 580. The number of hydrogen-bond acceptors (Lipinski definition) is 3. The van der Waals surface area contributed by atoms with Gasteiger partial charge in [0.2, 0.25) is 0 Å². The fourth-order valence-corrected chi connectivity index (χ4v) is 2.27. The molecule has 3 nitrogen and oxygen atoms in total. The quantitative estimate of drug-likeness (QED) is 0.839. The van der Waals surface area contributed by atoms with E-state index in [0.717, 1.165) is 5.56 Å². The van der Waals surface area contributed by atoms with E-state index in [1.54, 1.807) is 6.07 Å². The fourth-order valence-electron chi connectivity index (χ4n) is 1.91. The Morgan fingerprint density at radius 3 is 2.62 bits per heavy atom. The summed E-state index contributed by atoms with van der Waals surface area (Å²) in [6.45, 7) is 0.00997. The summed E-state index contributed by atoms with van der Waals surface area (Å²) in [6.07, 6.45) is -0.282. The first-order valence-corrected chi connectivity index (χ1v) is 7.41. The minimum absolute atomic E-state index is 0.00997. The molecule has 0 bridgehead atoms. The van der Waals surface area contributed by atoms with Gasteiger partial charge in [-0.05, 0) is 40.0 Å². The molecule has 0 heterocycles. The largest absolute Gasteiger partial charge is 0.490 e. The van der Waals surface area contributed by atoms with Crippen LogP contribution in [0.5, 0.6) is 5.75 Å². The van der Waals surface area contributed by atoms with Gasteiger partial charge in [0, 0.05) is 12.1 Å². The highest BCUT2D eigenvalue weighted by molar-refractivity contribution is 9.10. The van der Waals surface area contributed by atoms with Crippen LogP contribution in [0.15, 0.2) is 53.0 Å². The van der Waals surface area contributed by atoms with Crippen LogP contribution in [0, 0.1) is 5.82 Å². The zero-order valence-electron chi connectivity index (χ0n) is 11.4. The predicted octanol–water partition coefficient (Wildman–Crippen LogP) is 2.90. The Labute approximate surface area is 131 Å². The molecule has 0 aliphatic carbocycles. The second kappa shape index (κ2) is 7.54. The second-order valence-corrected chi connectivity index (χ2v) is 5.66. The molecule has 21 heavy (non-hydrogen) atoms. The lowest BCUT2D eigenvalue weighted by molar-refractivity contribution is 0.0846. The maximum atomic E-state index is 13.1. The molecule has 2 aromatic rings. The van der Waals surface area contributed by atoms with Crippen molar-refractivity contribution < 1.29 is 14.2 Å². The molecule has 2 atom stereocenters. The van der Waals surface area contributed by atoms with Crippen LogP contribution in [0.4, 0.5) is 4.39 Å². The van der Waals surface area contributed by atoms with E-state index in [1.165, 1.54) is 12.1 Å². The average Bonchev–Trinajstić information content (AvgIpc) is 2.49. The summed E-state index contributed by atoms with van der Waals surface area (Å²) in [5.74, 6) is -0.0442. The van der Waals surface area contributed by atoms with Crippen LogP contribution in [0.1, 0.15) is 5.56 Å². The van der Waals surface area contributed by atoms with Crippen molar-refractivity contribution in [2.45, 2.75) is 18.6 Å². The van der Waals surface area contributed by atoms with Gasteiger partial charge in [0.1, 0.15) is 24.3 Å². The first-order valence-electron chi connectivity index (χ1n) is 6.61. The van der Waals surface area contributed by atoms with E-state index in [-0.39, 0.29) is 6.61 Å². The number of aliphatic hydroxyl groups excluding tert-OH is 1. The summed E-state index contributed by atoms with van der Waals surface area (Å²) in [5.41, 5.74) is 7.02. The smallest absolute Gasteiger partial charge is 0.136 e.